The number of hydrogen-bond donors (Lipinski definition) is 1. The summed E-state index contributed by atoms with van der Waals surface area (Å²) in [4.78, 5) is 25.0. The van der Waals surface area contributed by atoms with Crippen LogP contribution in [0.5, 0.6) is 0 Å². The number of rotatable bonds is 2. The lowest BCUT2D eigenvalue weighted by Crippen LogP contribution is -2.29. The van der Waals surface area contributed by atoms with Crippen molar-refractivity contribution in [1.29, 1.82) is 0 Å². The average molecular weight is 259 g/mol. The van der Waals surface area contributed by atoms with E-state index in [1.165, 1.54) is 31.4 Å². The predicted octanol–water partition coefficient (Wildman–Crippen LogP) is 2.26. The van der Waals surface area contributed by atoms with Gasteiger partial charge in [-0.05, 0) is 48.9 Å². The predicted molar refractivity (Wildman–Crippen MR) is 70.1 cm³/mol. The fraction of sp³-hybridized carbons (Fsp3) is 0.467. The quantitative estimate of drug-likeness (QED) is 0.886. The monoisotopic (exact) mass is 259 g/mol. The van der Waals surface area contributed by atoms with Crippen molar-refractivity contribution in [2.24, 2.45) is 11.8 Å². The molecule has 2 unspecified atom stereocenters. The molecule has 1 heterocycles. The molecule has 2 atom stereocenters. The molecule has 4 heteroatoms. The molecular weight excluding hydrogens is 242 g/mol. The average Bonchev–Trinajstić information content (AvgIpc) is 2.98. The van der Waals surface area contributed by atoms with Gasteiger partial charge in [0.05, 0.1) is 5.56 Å². The van der Waals surface area contributed by atoms with E-state index >= 15 is 0 Å². The highest BCUT2D eigenvalue weighted by molar-refractivity contribution is 5.96. The third kappa shape index (κ3) is 2.23. The van der Waals surface area contributed by atoms with Crippen molar-refractivity contribution < 1.29 is 14.7 Å². The minimum atomic E-state index is -0.963. The van der Waals surface area contributed by atoms with E-state index in [2.05, 4.69) is 0 Å². The molecule has 1 aliphatic carbocycles. The van der Waals surface area contributed by atoms with Crippen molar-refractivity contribution in [3.8, 4) is 0 Å². The van der Waals surface area contributed by atoms with Crippen molar-refractivity contribution in [2.75, 3.05) is 13.1 Å². The summed E-state index contributed by atoms with van der Waals surface area (Å²) in [5.41, 5.74) is 0.805. The van der Waals surface area contributed by atoms with Crippen molar-refractivity contribution in [3.05, 3.63) is 35.4 Å². The Morgan fingerprint density at radius 1 is 1.00 bits per heavy atom. The second kappa shape index (κ2) is 4.68. The molecule has 1 saturated carbocycles. The number of hydrogen-bond acceptors (Lipinski definition) is 2. The van der Waals surface area contributed by atoms with Gasteiger partial charge in [-0.3, -0.25) is 4.79 Å². The smallest absolute Gasteiger partial charge is 0.335 e. The zero-order valence-corrected chi connectivity index (χ0v) is 10.7. The maximum atomic E-state index is 12.3. The van der Waals surface area contributed by atoms with Gasteiger partial charge in [0.1, 0.15) is 0 Å². The maximum absolute atomic E-state index is 12.3. The first-order valence-corrected chi connectivity index (χ1v) is 6.78. The van der Waals surface area contributed by atoms with Gasteiger partial charge in [-0.1, -0.05) is 6.42 Å². The summed E-state index contributed by atoms with van der Waals surface area (Å²) >= 11 is 0. The third-order valence-corrected chi connectivity index (χ3v) is 4.39. The molecule has 4 nitrogen and oxygen atoms in total. The number of likely N-dealkylation sites (tertiary alicyclic amines) is 1. The minimum absolute atomic E-state index is 0.0336. The van der Waals surface area contributed by atoms with Gasteiger partial charge in [-0.25, -0.2) is 4.79 Å². The molecule has 2 fully saturated rings. The summed E-state index contributed by atoms with van der Waals surface area (Å²) in [7, 11) is 0. The number of aromatic carboxylic acids is 1. The molecule has 3 rings (SSSR count). The molecule has 1 aliphatic heterocycles. The standard InChI is InChI=1S/C15H17NO3/c17-14(10-4-6-11(7-5-10)15(18)19)16-8-12-2-1-3-13(12)9-16/h4-7,12-13H,1-3,8-9H2,(H,18,19). The first kappa shape index (κ1) is 12.2. The van der Waals surface area contributed by atoms with Crippen LogP contribution in [0.3, 0.4) is 0 Å². The molecule has 19 heavy (non-hydrogen) atoms. The van der Waals surface area contributed by atoms with Crippen LogP contribution < -0.4 is 0 Å². The first-order chi connectivity index (χ1) is 9.15. The molecule has 0 spiro atoms. The van der Waals surface area contributed by atoms with Gasteiger partial charge >= 0.3 is 5.97 Å². The molecule has 1 aromatic rings. The molecule has 0 aromatic heterocycles. The van der Waals surface area contributed by atoms with Crippen molar-refractivity contribution >= 4 is 11.9 Å². The van der Waals surface area contributed by atoms with E-state index in [0.29, 0.717) is 17.4 Å². The largest absolute Gasteiger partial charge is 0.478 e. The van der Waals surface area contributed by atoms with Crippen LogP contribution in [0.1, 0.15) is 40.0 Å². The number of carboxylic acid groups (broad SMARTS) is 1. The van der Waals surface area contributed by atoms with E-state index in [-0.39, 0.29) is 11.5 Å². The maximum Gasteiger partial charge on any atom is 0.335 e. The van der Waals surface area contributed by atoms with Crippen LogP contribution in [0, 0.1) is 11.8 Å². The second-order valence-corrected chi connectivity index (χ2v) is 5.54. The molecule has 1 aromatic carbocycles. The Labute approximate surface area is 112 Å². The molecule has 100 valence electrons. The number of carboxylic acids is 1. The molecule has 0 bridgehead atoms. The molecule has 1 amide bonds. The van der Waals surface area contributed by atoms with E-state index in [4.69, 9.17) is 5.11 Å². The normalized spacial score (nSPS) is 25.4. The van der Waals surface area contributed by atoms with Gasteiger partial charge in [-0.2, -0.15) is 0 Å². The highest BCUT2D eigenvalue weighted by atomic mass is 16.4. The topological polar surface area (TPSA) is 57.6 Å². The van der Waals surface area contributed by atoms with Crippen LogP contribution in [-0.4, -0.2) is 35.0 Å². The van der Waals surface area contributed by atoms with E-state index in [0.717, 1.165) is 13.1 Å². The van der Waals surface area contributed by atoms with E-state index in [9.17, 15) is 9.59 Å². The van der Waals surface area contributed by atoms with Crippen molar-refractivity contribution in [2.45, 2.75) is 19.3 Å². The third-order valence-electron chi connectivity index (χ3n) is 4.39. The van der Waals surface area contributed by atoms with Gasteiger partial charge in [0.25, 0.3) is 5.91 Å². The van der Waals surface area contributed by atoms with E-state index in [1.54, 1.807) is 12.1 Å². The molecular formula is C15H17NO3. The lowest BCUT2D eigenvalue weighted by atomic mass is 10.0. The van der Waals surface area contributed by atoms with Gasteiger partial charge in [0.2, 0.25) is 0 Å². The number of nitrogens with zero attached hydrogens (tertiary/aromatic N) is 1. The number of carbonyl (C=O) groups is 2. The Morgan fingerprint density at radius 3 is 2.05 bits per heavy atom. The summed E-state index contributed by atoms with van der Waals surface area (Å²) in [6, 6.07) is 6.21. The number of benzene rings is 1. The molecule has 1 N–H and O–H groups in total. The highest BCUT2D eigenvalue weighted by Crippen LogP contribution is 2.38. The number of fused-ring (bicyclic) bond motifs is 1. The Kier molecular flexibility index (Phi) is 3.01. The first-order valence-electron chi connectivity index (χ1n) is 6.78. The summed E-state index contributed by atoms with van der Waals surface area (Å²) < 4.78 is 0. The molecule has 0 radical (unpaired) electrons. The van der Waals surface area contributed by atoms with E-state index in [1.807, 2.05) is 4.90 Å². The Morgan fingerprint density at radius 2 is 1.53 bits per heavy atom. The molecule has 1 saturated heterocycles. The number of amides is 1. The van der Waals surface area contributed by atoms with Crippen LogP contribution in [-0.2, 0) is 0 Å². The van der Waals surface area contributed by atoms with E-state index < -0.39 is 5.97 Å². The zero-order valence-electron chi connectivity index (χ0n) is 10.7. The zero-order chi connectivity index (χ0) is 13.4. The fourth-order valence-electron chi connectivity index (χ4n) is 3.34. The van der Waals surface area contributed by atoms with Gasteiger partial charge in [0, 0.05) is 18.7 Å². The Balaban J connectivity index is 1.72. The number of carbonyl (C=O) groups excluding carboxylic acids is 1. The minimum Gasteiger partial charge on any atom is -0.478 e. The lowest BCUT2D eigenvalue weighted by Gasteiger charge is -2.17. The lowest BCUT2D eigenvalue weighted by molar-refractivity contribution is 0.0695. The summed E-state index contributed by atoms with van der Waals surface area (Å²) in [6.07, 6.45) is 3.78. The summed E-state index contributed by atoms with van der Waals surface area (Å²) in [5.74, 6) is 0.436. The second-order valence-electron chi connectivity index (χ2n) is 5.54. The van der Waals surface area contributed by atoms with Crippen LogP contribution in [0.15, 0.2) is 24.3 Å². The summed E-state index contributed by atoms with van der Waals surface area (Å²) in [6.45, 7) is 1.73. The van der Waals surface area contributed by atoms with Gasteiger partial charge in [0.15, 0.2) is 0 Å². The van der Waals surface area contributed by atoms with Gasteiger partial charge < -0.3 is 10.0 Å². The van der Waals surface area contributed by atoms with Crippen LogP contribution in [0.2, 0.25) is 0 Å². The van der Waals surface area contributed by atoms with Gasteiger partial charge in [-0.15, -0.1) is 0 Å². The van der Waals surface area contributed by atoms with Crippen LogP contribution >= 0.6 is 0 Å². The van der Waals surface area contributed by atoms with Crippen LogP contribution in [0.25, 0.3) is 0 Å². The van der Waals surface area contributed by atoms with Crippen molar-refractivity contribution in [3.63, 3.8) is 0 Å². The molecule has 2 aliphatic rings. The Bertz CT molecular complexity index is 497. The highest BCUT2D eigenvalue weighted by Gasteiger charge is 2.38. The summed E-state index contributed by atoms with van der Waals surface area (Å²) in [5, 5.41) is 8.84. The SMILES string of the molecule is O=C(O)c1ccc(C(=O)N2CC3CCCC3C2)cc1. The van der Waals surface area contributed by atoms with Crippen LogP contribution in [0.4, 0.5) is 0 Å². The fourth-order valence-corrected chi connectivity index (χ4v) is 3.34. The Hall–Kier alpha value is -1.84. The van der Waals surface area contributed by atoms with Crippen molar-refractivity contribution in [1.82, 2.24) is 4.90 Å².